The highest BCUT2D eigenvalue weighted by Crippen LogP contribution is 2.30. The van der Waals surface area contributed by atoms with E-state index in [-0.39, 0.29) is 11.5 Å². The lowest BCUT2D eigenvalue weighted by atomic mass is 10.0. The van der Waals surface area contributed by atoms with Crippen LogP contribution in [-0.2, 0) is 4.74 Å². The largest absolute Gasteiger partial charge is 0.376 e. The number of carbonyl (C=O) groups excluding carboxylic acids is 1. The van der Waals surface area contributed by atoms with Gasteiger partial charge in [-0.05, 0) is 30.1 Å². The molecule has 3 nitrogen and oxygen atoms in total. The minimum atomic E-state index is -0.187. The first kappa shape index (κ1) is 15.7. The van der Waals surface area contributed by atoms with E-state index in [9.17, 15) is 4.79 Å². The summed E-state index contributed by atoms with van der Waals surface area (Å²) >= 11 is 3.58. The van der Waals surface area contributed by atoms with Gasteiger partial charge in [-0.3, -0.25) is 4.79 Å². The molecule has 1 aromatic carbocycles. The molecule has 0 spiro atoms. The molecule has 110 valence electrons. The minimum Gasteiger partial charge on any atom is -0.376 e. The van der Waals surface area contributed by atoms with E-state index >= 15 is 0 Å². The zero-order chi connectivity index (χ0) is 14.4. The number of nitrogens with one attached hydrogen (secondary N) is 1. The second-order valence-electron chi connectivity index (χ2n) is 4.80. The molecule has 1 aromatic rings. The van der Waals surface area contributed by atoms with Gasteiger partial charge in [0.15, 0.2) is 0 Å². The molecule has 1 N–H and O–H groups in total. The van der Waals surface area contributed by atoms with Gasteiger partial charge in [0.05, 0.1) is 11.2 Å². The van der Waals surface area contributed by atoms with E-state index in [0.29, 0.717) is 6.54 Å². The molecule has 1 fully saturated rings. The summed E-state index contributed by atoms with van der Waals surface area (Å²) in [6.07, 6.45) is 1.000. The fourth-order valence-corrected chi connectivity index (χ4v) is 4.43. The SMILES string of the molecule is CCSc1ccccc1C(=O)NCC1(OC)CCSC1. The third-order valence-corrected chi connectivity index (χ3v) is 5.68. The van der Waals surface area contributed by atoms with Crippen LogP contribution in [-0.4, -0.2) is 42.4 Å². The van der Waals surface area contributed by atoms with Crippen molar-refractivity contribution in [1.82, 2.24) is 5.32 Å². The number of thioether (sulfide) groups is 2. The fraction of sp³-hybridized carbons (Fsp3) is 0.533. The van der Waals surface area contributed by atoms with Crippen LogP contribution in [0.5, 0.6) is 0 Å². The smallest absolute Gasteiger partial charge is 0.252 e. The normalized spacial score (nSPS) is 21.9. The van der Waals surface area contributed by atoms with E-state index in [0.717, 1.165) is 34.1 Å². The topological polar surface area (TPSA) is 38.3 Å². The molecule has 1 heterocycles. The van der Waals surface area contributed by atoms with Crippen LogP contribution in [0.3, 0.4) is 0 Å². The van der Waals surface area contributed by atoms with Gasteiger partial charge >= 0.3 is 0 Å². The zero-order valence-electron chi connectivity index (χ0n) is 12.0. The molecule has 2 rings (SSSR count). The first-order valence-electron chi connectivity index (χ1n) is 6.84. The van der Waals surface area contributed by atoms with Crippen LogP contribution >= 0.6 is 23.5 Å². The molecule has 1 atom stereocenters. The maximum Gasteiger partial charge on any atom is 0.252 e. The quantitative estimate of drug-likeness (QED) is 0.820. The molecule has 20 heavy (non-hydrogen) atoms. The summed E-state index contributed by atoms with van der Waals surface area (Å²) in [5, 5.41) is 3.04. The Morgan fingerprint density at radius 2 is 2.30 bits per heavy atom. The number of amides is 1. The van der Waals surface area contributed by atoms with Gasteiger partial charge in [0.25, 0.3) is 5.91 Å². The molecule has 0 bridgehead atoms. The maximum absolute atomic E-state index is 12.4. The van der Waals surface area contributed by atoms with Gasteiger partial charge in [-0.2, -0.15) is 11.8 Å². The average molecular weight is 311 g/mol. The van der Waals surface area contributed by atoms with E-state index in [1.54, 1.807) is 18.9 Å². The second-order valence-corrected chi connectivity index (χ2v) is 7.21. The molecular formula is C15H21NO2S2. The fourth-order valence-electron chi connectivity index (χ4n) is 2.23. The summed E-state index contributed by atoms with van der Waals surface area (Å²) in [7, 11) is 1.74. The van der Waals surface area contributed by atoms with Crippen LogP contribution in [0, 0.1) is 0 Å². The van der Waals surface area contributed by atoms with Crippen molar-refractivity contribution >= 4 is 29.4 Å². The predicted molar refractivity (Wildman–Crippen MR) is 86.9 cm³/mol. The monoisotopic (exact) mass is 311 g/mol. The highest BCUT2D eigenvalue weighted by Gasteiger charge is 2.34. The number of methoxy groups -OCH3 is 1. The Balaban J connectivity index is 2.01. The molecule has 0 aliphatic carbocycles. The molecule has 1 aliphatic heterocycles. The number of benzene rings is 1. The lowest BCUT2D eigenvalue weighted by Crippen LogP contribution is -2.44. The Kier molecular flexibility index (Phi) is 5.81. The molecule has 1 amide bonds. The van der Waals surface area contributed by atoms with E-state index in [2.05, 4.69) is 12.2 Å². The van der Waals surface area contributed by atoms with Gasteiger partial charge in [0.1, 0.15) is 0 Å². The molecule has 1 saturated heterocycles. The first-order valence-corrected chi connectivity index (χ1v) is 8.98. The van der Waals surface area contributed by atoms with Crippen molar-refractivity contribution in [3.05, 3.63) is 29.8 Å². The highest BCUT2D eigenvalue weighted by molar-refractivity contribution is 7.99. The van der Waals surface area contributed by atoms with E-state index in [1.807, 2.05) is 36.0 Å². The van der Waals surface area contributed by atoms with Crippen molar-refractivity contribution in [2.75, 3.05) is 30.9 Å². The second kappa shape index (κ2) is 7.38. The van der Waals surface area contributed by atoms with Crippen molar-refractivity contribution in [3.63, 3.8) is 0 Å². The number of carbonyl (C=O) groups is 1. The summed E-state index contributed by atoms with van der Waals surface area (Å²) in [4.78, 5) is 13.4. The van der Waals surface area contributed by atoms with E-state index in [1.165, 1.54) is 0 Å². The standard InChI is InChI=1S/C15H21NO2S2/c1-3-20-13-7-5-4-6-12(13)14(17)16-10-15(18-2)8-9-19-11-15/h4-7H,3,8-11H2,1-2H3,(H,16,17). The summed E-state index contributed by atoms with van der Waals surface area (Å²) in [6.45, 7) is 2.68. The molecule has 0 aromatic heterocycles. The Morgan fingerprint density at radius 3 is 2.95 bits per heavy atom. The van der Waals surface area contributed by atoms with E-state index in [4.69, 9.17) is 4.74 Å². The van der Waals surface area contributed by atoms with Crippen LogP contribution in [0.2, 0.25) is 0 Å². The summed E-state index contributed by atoms with van der Waals surface area (Å²) < 4.78 is 5.62. The third-order valence-electron chi connectivity index (χ3n) is 3.50. The van der Waals surface area contributed by atoms with Crippen LogP contribution in [0.1, 0.15) is 23.7 Å². The van der Waals surface area contributed by atoms with Crippen LogP contribution < -0.4 is 5.32 Å². The third kappa shape index (κ3) is 3.71. The van der Waals surface area contributed by atoms with Crippen molar-refractivity contribution < 1.29 is 9.53 Å². The number of rotatable bonds is 6. The number of ether oxygens (including phenoxy) is 1. The summed E-state index contributed by atoms with van der Waals surface area (Å²) in [6, 6.07) is 7.77. The minimum absolute atomic E-state index is 0.00475. The Bertz CT molecular complexity index is 459. The van der Waals surface area contributed by atoms with Gasteiger partial charge in [-0.15, -0.1) is 11.8 Å². The molecule has 0 radical (unpaired) electrons. The molecule has 1 unspecified atom stereocenters. The van der Waals surface area contributed by atoms with Crippen molar-refractivity contribution in [2.45, 2.75) is 23.8 Å². The van der Waals surface area contributed by atoms with Gasteiger partial charge in [0.2, 0.25) is 0 Å². The molecule has 1 aliphatic rings. The molecule has 0 saturated carbocycles. The van der Waals surface area contributed by atoms with Crippen LogP contribution in [0.25, 0.3) is 0 Å². The molecular weight excluding hydrogens is 290 g/mol. The van der Waals surface area contributed by atoms with Gasteiger partial charge < -0.3 is 10.1 Å². The summed E-state index contributed by atoms with van der Waals surface area (Å²) in [5.41, 5.74) is 0.573. The van der Waals surface area contributed by atoms with Crippen molar-refractivity contribution in [1.29, 1.82) is 0 Å². The van der Waals surface area contributed by atoms with Crippen molar-refractivity contribution in [3.8, 4) is 0 Å². The highest BCUT2D eigenvalue weighted by atomic mass is 32.2. The summed E-state index contributed by atoms with van der Waals surface area (Å²) in [5.74, 6) is 3.01. The zero-order valence-corrected chi connectivity index (χ0v) is 13.6. The Labute approximate surface area is 129 Å². The lowest BCUT2D eigenvalue weighted by molar-refractivity contribution is 0.0137. The number of hydrogen-bond donors (Lipinski definition) is 1. The maximum atomic E-state index is 12.4. The van der Waals surface area contributed by atoms with Gasteiger partial charge in [0, 0.05) is 24.3 Å². The number of hydrogen-bond acceptors (Lipinski definition) is 4. The van der Waals surface area contributed by atoms with Gasteiger partial charge in [-0.1, -0.05) is 19.1 Å². The van der Waals surface area contributed by atoms with Gasteiger partial charge in [-0.25, -0.2) is 0 Å². The van der Waals surface area contributed by atoms with E-state index < -0.39 is 0 Å². The lowest BCUT2D eigenvalue weighted by Gasteiger charge is -2.27. The first-order chi connectivity index (χ1) is 9.71. The average Bonchev–Trinajstić information content (AvgIpc) is 2.95. The molecule has 5 heteroatoms. The Hall–Kier alpha value is -0.650. The van der Waals surface area contributed by atoms with Crippen molar-refractivity contribution in [2.24, 2.45) is 0 Å². The predicted octanol–water partition coefficient (Wildman–Crippen LogP) is 3.05. The van der Waals surface area contributed by atoms with Crippen LogP contribution in [0.15, 0.2) is 29.2 Å². The Morgan fingerprint density at radius 1 is 1.50 bits per heavy atom. The van der Waals surface area contributed by atoms with Crippen LogP contribution in [0.4, 0.5) is 0 Å².